The highest BCUT2D eigenvalue weighted by molar-refractivity contribution is 9.10. The van der Waals surface area contributed by atoms with E-state index in [1.807, 2.05) is 6.07 Å². The minimum atomic E-state index is -4.66. The van der Waals surface area contributed by atoms with E-state index in [0.29, 0.717) is 17.0 Å². The number of sulfonamides is 1. The molecule has 0 fully saturated rings. The lowest BCUT2D eigenvalue weighted by molar-refractivity contribution is -0.137. The summed E-state index contributed by atoms with van der Waals surface area (Å²) in [6.45, 7) is -0.107. The average molecular weight is 475 g/mol. The number of hydrogen-bond acceptors (Lipinski definition) is 4. The molecule has 0 saturated heterocycles. The molecular formula is C18H14BrF3N2O3S. The van der Waals surface area contributed by atoms with Gasteiger partial charge in [0.1, 0.15) is 11.9 Å². The van der Waals surface area contributed by atoms with E-state index in [1.54, 1.807) is 12.1 Å². The molecule has 0 bridgehead atoms. The first kappa shape index (κ1) is 20.5. The van der Waals surface area contributed by atoms with Gasteiger partial charge >= 0.3 is 6.18 Å². The fraction of sp³-hybridized carbons (Fsp3) is 0.278. The van der Waals surface area contributed by atoms with Crippen molar-refractivity contribution in [2.75, 3.05) is 10.8 Å². The van der Waals surface area contributed by atoms with E-state index in [2.05, 4.69) is 15.9 Å². The maximum atomic E-state index is 13.2. The van der Waals surface area contributed by atoms with Crippen LogP contribution in [0.2, 0.25) is 0 Å². The second-order valence-corrected chi connectivity index (χ2v) is 8.89. The third-order valence-corrected chi connectivity index (χ3v) is 6.45. The van der Waals surface area contributed by atoms with Gasteiger partial charge in [-0.2, -0.15) is 18.4 Å². The van der Waals surface area contributed by atoms with E-state index >= 15 is 0 Å². The van der Waals surface area contributed by atoms with Gasteiger partial charge in [0, 0.05) is 10.9 Å². The number of nitrogens with zero attached hydrogens (tertiary/aromatic N) is 2. The highest BCUT2D eigenvalue weighted by Crippen LogP contribution is 2.40. The summed E-state index contributed by atoms with van der Waals surface area (Å²) in [5, 5.41) is 8.79. The zero-order valence-electron chi connectivity index (χ0n) is 14.3. The Bertz CT molecular complexity index is 1040. The van der Waals surface area contributed by atoms with Crippen LogP contribution in [0.25, 0.3) is 0 Å². The summed E-state index contributed by atoms with van der Waals surface area (Å²) in [7, 11) is -4.28. The maximum Gasteiger partial charge on any atom is 0.416 e. The summed E-state index contributed by atoms with van der Waals surface area (Å²) in [4.78, 5) is -0.464. The van der Waals surface area contributed by atoms with Crippen molar-refractivity contribution in [3.8, 4) is 11.8 Å². The number of fused-ring (bicyclic) bond motifs is 1. The molecule has 5 nitrogen and oxygen atoms in total. The van der Waals surface area contributed by atoms with Crippen LogP contribution in [0.5, 0.6) is 5.75 Å². The second kappa shape index (κ2) is 7.64. The van der Waals surface area contributed by atoms with Crippen LogP contribution in [-0.4, -0.2) is 21.1 Å². The zero-order chi connectivity index (χ0) is 20.5. The molecule has 3 rings (SSSR count). The van der Waals surface area contributed by atoms with Gasteiger partial charge in [-0.3, -0.25) is 4.31 Å². The number of hydrogen-bond donors (Lipinski definition) is 0. The first-order chi connectivity index (χ1) is 13.1. The lowest BCUT2D eigenvalue weighted by Gasteiger charge is -2.35. The fourth-order valence-electron chi connectivity index (χ4n) is 2.85. The van der Waals surface area contributed by atoms with Gasteiger partial charge in [-0.05, 0) is 42.8 Å². The Morgan fingerprint density at radius 3 is 2.68 bits per heavy atom. The van der Waals surface area contributed by atoms with Crippen molar-refractivity contribution in [3.63, 3.8) is 0 Å². The van der Waals surface area contributed by atoms with E-state index < -0.39 is 32.8 Å². The number of nitriles is 1. The highest BCUT2D eigenvalue weighted by Gasteiger charge is 2.36. The minimum Gasteiger partial charge on any atom is -0.486 e. The molecule has 1 aliphatic heterocycles. The van der Waals surface area contributed by atoms with Crippen LogP contribution in [0.3, 0.4) is 0 Å². The van der Waals surface area contributed by atoms with Gasteiger partial charge in [-0.25, -0.2) is 8.42 Å². The monoisotopic (exact) mass is 474 g/mol. The predicted molar refractivity (Wildman–Crippen MR) is 99.4 cm³/mol. The first-order valence-electron chi connectivity index (χ1n) is 8.16. The summed E-state index contributed by atoms with van der Waals surface area (Å²) in [6.07, 6.45) is -4.80. The fourth-order valence-corrected chi connectivity index (χ4v) is 4.74. The summed E-state index contributed by atoms with van der Waals surface area (Å²) in [6, 6.07) is 10.4. The summed E-state index contributed by atoms with van der Waals surface area (Å²) in [5.41, 5.74) is -0.822. The molecule has 1 aliphatic rings. The van der Waals surface area contributed by atoms with Gasteiger partial charge in [-0.1, -0.05) is 22.0 Å². The van der Waals surface area contributed by atoms with Crippen LogP contribution in [-0.2, 0) is 16.2 Å². The molecule has 0 spiro atoms. The highest BCUT2D eigenvalue weighted by atomic mass is 79.9. The number of benzene rings is 2. The average Bonchev–Trinajstić information content (AvgIpc) is 2.65. The zero-order valence-corrected chi connectivity index (χ0v) is 16.7. The molecule has 0 amide bonds. The van der Waals surface area contributed by atoms with E-state index in [1.165, 1.54) is 6.07 Å². The maximum absolute atomic E-state index is 13.2. The Morgan fingerprint density at radius 1 is 1.25 bits per heavy atom. The lowest BCUT2D eigenvalue weighted by Crippen LogP contribution is -2.43. The molecule has 1 atom stereocenters. The Labute approximate surface area is 168 Å². The van der Waals surface area contributed by atoms with Crippen LogP contribution in [0.4, 0.5) is 18.9 Å². The molecule has 0 radical (unpaired) electrons. The molecule has 0 aliphatic carbocycles. The molecule has 0 saturated carbocycles. The molecule has 28 heavy (non-hydrogen) atoms. The van der Waals surface area contributed by atoms with Crippen LogP contribution < -0.4 is 9.04 Å². The molecular weight excluding hydrogens is 461 g/mol. The van der Waals surface area contributed by atoms with Crippen molar-refractivity contribution in [1.82, 2.24) is 0 Å². The summed E-state index contributed by atoms with van der Waals surface area (Å²) < 4.78 is 72.8. The van der Waals surface area contributed by atoms with Crippen LogP contribution in [0.15, 0.2) is 51.8 Å². The molecule has 2 aromatic rings. The minimum absolute atomic E-state index is 0.107. The van der Waals surface area contributed by atoms with Crippen molar-refractivity contribution < 1.29 is 26.3 Å². The third-order valence-electron chi connectivity index (χ3n) is 4.18. The van der Waals surface area contributed by atoms with Crippen molar-refractivity contribution in [2.45, 2.75) is 30.0 Å². The predicted octanol–water partition coefficient (Wildman–Crippen LogP) is 4.73. The standard InChI is InChI=1S/C18H14BrF3N2O3S/c19-13-6-7-17-16(10-13)24(11-14(27-17)4-2-8-23)28(25,26)15-5-1-3-12(9-15)18(20,21)22/h1,3,5-7,9-10,14H,2,4,11H2/t14-/m0/s1. The Hall–Kier alpha value is -2.25. The van der Waals surface area contributed by atoms with Crippen molar-refractivity contribution >= 4 is 31.6 Å². The largest absolute Gasteiger partial charge is 0.486 e. The Balaban J connectivity index is 2.07. The van der Waals surface area contributed by atoms with Crippen molar-refractivity contribution in [3.05, 3.63) is 52.5 Å². The molecule has 2 aromatic carbocycles. The number of anilines is 1. The quantitative estimate of drug-likeness (QED) is 0.642. The molecule has 0 aromatic heterocycles. The smallest absolute Gasteiger partial charge is 0.416 e. The summed E-state index contributed by atoms with van der Waals surface area (Å²) >= 11 is 3.27. The van der Waals surface area contributed by atoms with Crippen molar-refractivity contribution in [2.24, 2.45) is 0 Å². The van der Waals surface area contributed by atoms with Gasteiger partial charge < -0.3 is 4.74 Å². The normalized spacial score (nSPS) is 16.8. The molecule has 1 heterocycles. The third kappa shape index (κ3) is 4.10. The molecule has 0 unspecified atom stereocenters. The topological polar surface area (TPSA) is 70.4 Å². The molecule has 10 heteroatoms. The van der Waals surface area contributed by atoms with E-state index in [-0.39, 0.29) is 24.4 Å². The van der Waals surface area contributed by atoms with Gasteiger partial charge in [0.15, 0.2) is 0 Å². The Kier molecular flexibility index (Phi) is 5.59. The van der Waals surface area contributed by atoms with Crippen LogP contribution in [0, 0.1) is 11.3 Å². The van der Waals surface area contributed by atoms with Crippen LogP contribution in [0.1, 0.15) is 18.4 Å². The second-order valence-electron chi connectivity index (χ2n) is 6.11. The van der Waals surface area contributed by atoms with Crippen molar-refractivity contribution in [1.29, 1.82) is 5.26 Å². The first-order valence-corrected chi connectivity index (χ1v) is 10.4. The van der Waals surface area contributed by atoms with Gasteiger partial charge in [0.05, 0.1) is 28.8 Å². The van der Waals surface area contributed by atoms with Gasteiger partial charge in [0.2, 0.25) is 0 Å². The number of ether oxygens (including phenoxy) is 1. The number of halogens is 4. The van der Waals surface area contributed by atoms with E-state index in [4.69, 9.17) is 10.00 Å². The molecule has 0 N–H and O–H groups in total. The molecule has 148 valence electrons. The van der Waals surface area contributed by atoms with Gasteiger partial charge in [0.25, 0.3) is 10.0 Å². The van der Waals surface area contributed by atoms with E-state index in [0.717, 1.165) is 22.5 Å². The number of alkyl halides is 3. The lowest BCUT2D eigenvalue weighted by atomic mass is 10.1. The van der Waals surface area contributed by atoms with E-state index in [9.17, 15) is 21.6 Å². The Morgan fingerprint density at radius 2 is 2.00 bits per heavy atom. The van der Waals surface area contributed by atoms with Gasteiger partial charge in [-0.15, -0.1) is 0 Å². The number of rotatable bonds is 4. The SMILES string of the molecule is N#CCC[C@H]1CN(S(=O)(=O)c2cccc(C(F)(F)F)c2)c2cc(Br)ccc2O1. The summed E-state index contributed by atoms with van der Waals surface area (Å²) in [5.74, 6) is 0.285. The van der Waals surface area contributed by atoms with Crippen LogP contribution >= 0.6 is 15.9 Å².